The molecule has 1 atom stereocenters. The zero-order valence-electron chi connectivity index (χ0n) is 12.3. The summed E-state index contributed by atoms with van der Waals surface area (Å²) in [6.45, 7) is 11.9. The lowest BCUT2D eigenvalue weighted by Gasteiger charge is -2.35. The van der Waals surface area contributed by atoms with Crippen molar-refractivity contribution in [2.75, 3.05) is 13.2 Å². The van der Waals surface area contributed by atoms with E-state index in [0.717, 1.165) is 6.54 Å². The fourth-order valence-corrected chi connectivity index (χ4v) is 2.00. The van der Waals surface area contributed by atoms with Gasteiger partial charge in [-0.1, -0.05) is 65.0 Å². The molecule has 0 saturated heterocycles. The van der Waals surface area contributed by atoms with Gasteiger partial charge in [-0.3, -0.25) is 0 Å². The van der Waals surface area contributed by atoms with Crippen LogP contribution in [0.1, 0.15) is 46.2 Å². The molecule has 0 aromatic heterocycles. The summed E-state index contributed by atoms with van der Waals surface area (Å²) in [6.07, 6.45) is 0. The lowest BCUT2D eigenvalue weighted by atomic mass is 9.81. The normalized spacial score (nSPS) is 14.6. The van der Waals surface area contributed by atoms with Gasteiger partial charge in [-0.2, -0.15) is 0 Å². The highest BCUT2D eigenvalue weighted by Gasteiger charge is 2.28. The summed E-state index contributed by atoms with van der Waals surface area (Å²) < 4.78 is 0. The minimum atomic E-state index is -0.0850. The minimum Gasteiger partial charge on any atom is -0.396 e. The minimum absolute atomic E-state index is 0.0850. The molecule has 2 heteroatoms. The van der Waals surface area contributed by atoms with Crippen LogP contribution >= 0.6 is 0 Å². The Labute approximate surface area is 111 Å². The lowest BCUT2D eigenvalue weighted by molar-refractivity contribution is 0.141. The van der Waals surface area contributed by atoms with E-state index in [0.29, 0.717) is 6.04 Å². The van der Waals surface area contributed by atoms with Crippen molar-refractivity contribution < 1.29 is 5.11 Å². The largest absolute Gasteiger partial charge is 0.396 e. The Balaban J connectivity index is 2.82. The van der Waals surface area contributed by atoms with Crippen LogP contribution in [0.25, 0.3) is 0 Å². The predicted molar refractivity (Wildman–Crippen MR) is 77.5 cm³/mol. The number of aliphatic hydroxyl groups excluding tert-OH is 1. The van der Waals surface area contributed by atoms with Gasteiger partial charge >= 0.3 is 0 Å². The van der Waals surface area contributed by atoms with Crippen LogP contribution in [0, 0.1) is 10.8 Å². The van der Waals surface area contributed by atoms with Gasteiger partial charge in [0, 0.05) is 24.6 Å². The molecule has 0 aliphatic carbocycles. The maximum absolute atomic E-state index is 9.34. The van der Waals surface area contributed by atoms with Gasteiger partial charge in [0.2, 0.25) is 0 Å². The summed E-state index contributed by atoms with van der Waals surface area (Å²) in [6, 6.07) is 10.8. The Kier molecular flexibility index (Phi) is 4.94. The molecule has 1 aromatic carbocycles. The molecule has 0 amide bonds. The van der Waals surface area contributed by atoms with E-state index < -0.39 is 0 Å². The summed E-state index contributed by atoms with van der Waals surface area (Å²) in [5.74, 6) is 0. The van der Waals surface area contributed by atoms with Crippen molar-refractivity contribution in [2.45, 2.75) is 40.7 Å². The second-order valence-electron chi connectivity index (χ2n) is 6.91. The summed E-state index contributed by atoms with van der Waals surface area (Å²) in [4.78, 5) is 0. The zero-order chi connectivity index (χ0) is 13.8. The highest BCUT2D eigenvalue weighted by molar-refractivity contribution is 5.20. The third-order valence-electron chi connectivity index (χ3n) is 3.21. The maximum Gasteiger partial charge on any atom is 0.0494 e. The molecule has 0 spiro atoms. The van der Waals surface area contributed by atoms with Crippen LogP contribution in [0.2, 0.25) is 0 Å². The Morgan fingerprint density at radius 2 is 1.61 bits per heavy atom. The molecular weight excluding hydrogens is 222 g/mol. The lowest BCUT2D eigenvalue weighted by Crippen LogP contribution is -2.39. The standard InChI is InChI=1S/C16H27NO/c1-15(2,3)14(13-9-7-6-8-10-13)17-11-16(4,5)12-18/h6-10,14,17-18H,11-12H2,1-5H3. The van der Waals surface area contributed by atoms with Gasteiger partial charge in [-0.25, -0.2) is 0 Å². The Morgan fingerprint density at radius 1 is 1.06 bits per heavy atom. The van der Waals surface area contributed by atoms with Gasteiger partial charge in [-0.05, 0) is 11.0 Å². The van der Waals surface area contributed by atoms with Crippen molar-refractivity contribution in [1.29, 1.82) is 0 Å². The zero-order valence-corrected chi connectivity index (χ0v) is 12.3. The van der Waals surface area contributed by atoms with E-state index in [1.54, 1.807) is 0 Å². The molecule has 2 nitrogen and oxygen atoms in total. The van der Waals surface area contributed by atoms with E-state index >= 15 is 0 Å². The molecular formula is C16H27NO. The van der Waals surface area contributed by atoms with Crippen LogP contribution in [-0.2, 0) is 0 Å². The van der Waals surface area contributed by atoms with Crippen molar-refractivity contribution in [2.24, 2.45) is 10.8 Å². The number of hydrogen-bond donors (Lipinski definition) is 2. The second-order valence-corrected chi connectivity index (χ2v) is 6.91. The maximum atomic E-state index is 9.34. The van der Waals surface area contributed by atoms with Crippen LogP contribution in [0.4, 0.5) is 0 Å². The fourth-order valence-electron chi connectivity index (χ4n) is 2.00. The third-order valence-corrected chi connectivity index (χ3v) is 3.21. The van der Waals surface area contributed by atoms with Gasteiger partial charge in [0.05, 0.1) is 0 Å². The average molecular weight is 249 g/mol. The molecule has 2 N–H and O–H groups in total. The van der Waals surface area contributed by atoms with E-state index in [1.807, 2.05) is 6.07 Å². The van der Waals surface area contributed by atoms with Gasteiger partial charge in [-0.15, -0.1) is 0 Å². The molecule has 0 fully saturated rings. The first kappa shape index (κ1) is 15.2. The molecule has 1 aromatic rings. The van der Waals surface area contributed by atoms with E-state index in [4.69, 9.17) is 0 Å². The SMILES string of the molecule is CC(C)(CO)CNC(c1ccccc1)C(C)(C)C. The van der Waals surface area contributed by atoms with Gasteiger partial charge in [0.1, 0.15) is 0 Å². The van der Waals surface area contributed by atoms with E-state index in [1.165, 1.54) is 5.56 Å². The number of benzene rings is 1. The van der Waals surface area contributed by atoms with Gasteiger partial charge < -0.3 is 10.4 Å². The quantitative estimate of drug-likeness (QED) is 0.838. The first-order chi connectivity index (χ1) is 8.26. The van der Waals surface area contributed by atoms with Crippen LogP contribution in [0.3, 0.4) is 0 Å². The predicted octanol–water partition coefficient (Wildman–Crippen LogP) is 3.38. The summed E-state index contributed by atoms with van der Waals surface area (Å²) in [7, 11) is 0. The molecule has 18 heavy (non-hydrogen) atoms. The molecule has 0 radical (unpaired) electrons. The van der Waals surface area contributed by atoms with E-state index in [-0.39, 0.29) is 17.4 Å². The first-order valence-electron chi connectivity index (χ1n) is 6.65. The third kappa shape index (κ3) is 4.43. The van der Waals surface area contributed by atoms with Crippen molar-refractivity contribution in [1.82, 2.24) is 5.32 Å². The number of aliphatic hydroxyl groups is 1. The molecule has 1 unspecified atom stereocenters. The monoisotopic (exact) mass is 249 g/mol. The number of rotatable bonds is 5. The average Bonchev–Trinajstić information content (AvgIpc) is 2.29. The van der Waals surface area contributed by atoms with Gasteiger partial charge in [0.25, 0.3) is 0 Å². The molecule has 1 rings (SSSR count). The summed E-state index contributed by atoms with van der Waals surface area (Å²) in [5, 5.41) is 12.9. The highest BCUT2D eigenvalue weighted by Crippen LogP contribution is 2.33. The Hall–Kier alpha value is -0.860. The first-order valence-corrected chi connectivity index (χ1v) is 6.65. The Bertz CT molecular complexity index is 351. The highest BCUT2D eigenvalue weighted by atomic mass is 16.3. The van der Waals surface area contributed by atoms with Crippen LogP contribution < -0.4 is 5.32 Å². The molecule has 102 valence electrons. The number of hydrogen-bond acceptors (Lipinski definition) is 2. The molecule has 0 saturated carbocycles. The molecule has 0 aliphatic rings. The second kappa shape index (κ2) is 5.85. The van der Waals surface area contributed by atoms with Crippen LogP contribution in [0.15, 0.2) is 30.3 Å². The summed E-state index contributed by atoms with van der Waals surface area (Å²) in [5.41, 5.74) is 1.37. The van der Waals surface area contributed by atoms with Crippen molar-refractivity contribution in [3.8, 4) is 0 Å². The van der Waals surface area contributed by atoms with E-state index in [2.05, 4.69) is 64.2 Å². The van der Waals surface area contributed by atoms with Crippen molar-refractivity contribution in [3.63, 3.8) is 0 Å². The number of nitrogens with one attached hydrogen (secondary N) is 1. The van der Waals surface area contributed by atoms with Crippen LogP contribution in [0.5, 0.6) is 0 Å². The smallest absolute Gasteiger partial charge is 0.0494 e. The van der Waals surface area contributed by atoms with Crippen molar-refractivity contribution in [3.05, 3.63) is 35.9 Å². The van der Waals surface area contributed by atoms with E-state index in [9.17, 15) is 5.11 Å². The van der Waals surface area contributed by atoms with Crippen LogP contribution in [-0.4, -0.2) is 18.3 Å². The van der Waals surface area contributed by atoms with Gasteiger partial charge in [0.15, 0.2) is 0 Å². The molecule has 0 heterocycles. The summed E-state index contributed by atoms with van der Waals surface area (Å²) >= 11 is 0. The molecule has 0 aliphatic heterocycles. The fraction of sp³-hybridized carbons (Fsp3) is 0.625. The Morgan fingerprint density at radius 3 is 2.06 bits per heavy atom. The topological polar surface area (TPSA) is 32.3 Å². The molecule has 0 bridgehead atoms. The van der Waals surface area contributed by atoms with Crippen molar-refractivity contribution >= 4 is 0 Å².